The summed E-state index contributed by atoms with van der Waals surface area (Å²) in [5.41, 5.74) is 2.14. The number of nitrogens with zero attached hydrogens (tertiary/aromatic N) is 3. The van der Waals surface area contributed by atoms with Gasteiger partial charge in [0.25, 0.3) is 0 Å². The highest BCUT2D eigenvalue weighted by molar-refractivity contribution is 6.61. The quantitative estimate of drug-likeness (QED) is 0.690. The minimum absolute atomic E-state index is 0.362. The molecule has 0 amide bonds. The van der Waals surface area contributed by atoms with Crippen LogP contribution in [0.2, 0.25) is 0 Å². The third-order valence-corrected chi connectivity index (χ3v) is 3.37. The molecule has 0 radical (unpaired) electrons. The van der Waals surface area contributed by atoms with Gasteiger partial charge in [-0.25, -0.2) is 9.83 Å². The van der Waals surface area contributed by atoms with E-state index in [-0.39, 0.29) is 0 Å². The Labute approximate surface area is 128 Å². The van der Waals surface area contributed by atoms with Crippen LogP contribution in [0.3, 0.4) is 0 Å². The fourth-order valence-corrected chi connectivity index (χ4v) is 2.29. The summed E-state index contributed by atoms with van der Waals surface area (Å²) in [6.07, 6.45) is 0. The summed E-state index contributed by atoms with van der Waals surface area (Å²) < 4.78 is 10.9. The molecule has 0 saturated carbocycles. The Bertz CT molecular complexity index is 758. The second-order valence-corrected chi connectivity index (χ2v) is 5.12. The van der Waals surface area contributed by atoms with Crippen molar-refractivity contribution in [3.05, 3.63) is 47.3 Å². The molecule has 1 aliphatic heterocycles. The van der Waals surface area contributed by atoms with Crippen molar-refractivity contribution < 1.29 is 14.4 Å². The van der Waals surface area contributed by atoms with Gasteiger partial charge in [-0.3, -0.25) is 0 Å². The largest absolute Gasteiger partial charge is 0.491 e. The number of fused-ring (bicyclic) bond motifs is 1. The summed E-state index contributed by atoms with van der Waals surface area (Å²) in [4.78, 5) is 9.57. The highest BCUT2D eigenvalue weighted by Crippen LogP contribution is 2.30. The summed E-state index contributed by atoms with van der Waals surface area (Å²) in [7, 11) is 2.80. The van der Waals surface area contributed by atoms with Gasteiger partial charge in [-0.15, -0.1) is 0 Å². The SMILES string of the molecule is [C-]#[N+]c1ccc(Oc2ccc3c(c2)COB3O)nc1N(C)C. The molecule has 0 atom stereocenters. The van der Waals surface area contributed by atoms with Crippen LogP contribution in [0.4, 0.5) is 11.5 Å². The Kier molecular flexibility index (Phi) is 3.71. The van der Waals surface area contributed by atoms with Crippen molar-refractivity contribution in [1.82, 2.24) is 4.98 Å². The van der Waals surface area contributed by atoms with E-state index in [0.717, 1.165) is 11.0 Å². The molecule has 1 N–H and O–H groups in total. The zero-order chi connectivity index (χ0) is 15.7. The van der Waals surface area contributed by atoms with Crippen molar-refractivity contribution in [3.63, 3.8) is 0 Å². The van der Waals surface area contributed by atoms with E-state index in [4.69, 9.17) is 16.0 Å². The smallest absolute Gasteiger partial charge is 0.439 e. The number of hydrogen-bond donors (Lipinski definition) is 1. The fraction of sp³-hybridized carbons (Fsp3) is 0.200. The van der Waals surface area contributed by atoms with E-state index in [1.54, 1.807) is 29.2 Å². The zero-order valence-corrected chi connectivity index (χ0v) is 12.3. The van der Waals surface area contributed by atoms with Crippen LogP contribution in [0, 0.1) is 6.57 Å². The molecule has 1 aliphatic rings. The number of hydrogen-bond acceptors (Lipinski definition) is 5. The van der Waals surface area contributed by atoms with Crippen molar-refractivity contribution in [2.24, 2.45) is 0 Å². The van der Waals surface area contributed by atoms with Gasteiger partial charge in [0, 0.05) is 14.1 Å². The van der Waals surface area contributed by atoms with Gasteiger partial charge >= 0.3 is 7.12 Å². The lowest BCUT2D eigenvalue weighted by atomic mass is 9.80. The molecule has 0 aliphatic carbocycles. The lowest BCUT2D eigenvalue weighted by Crippen LogP contribution is -2.27. The summed E-state index contributed by atoms with van der Waals surface area (Å²) in [6.45, 7) is 7.51. The highest BCUT2D eigenvalue weighted by Gasteiger charge is 2.27. The van der Waals surface area contributed by atoms with Gasteiger partial charge in [0.15, 0.2) is 0 Å². The molecular formula is C15H14BN3O3. The van der Waals surface area contributed by atoms with E-state index in [1.165, 1.54) is 0 Å². The first-order valence-electron chi connectivity index (χ1n) is 6.74. The van der Waals surface area contributed by atoms with Gasteiger partial charge < -0.3 is 19.3 Å². The van der Waals surface area contributed by atoms with Crippen LogP contribution in [-0.2, 0) is 11.3 Å². The van der Waals surface area contributed by atoms with Crippen molar-refractivity contribution >= 4 is 24.1 Å². The molecule has 0 fully saturated rings. The van der Waals surface area contributed by atoms with Gasteiger partial charge in [-0.2, -0.15) is 0 Å². The molecule has 0 bridgehead atoms. The van der Waals surface area contributed by atoms with Gasteiger partial charge in [0.05, 0.1) is 13.2 Å². The second-order valence-electron chi connectivity index (χ2n) is 5.12. The number of anilines is 1. The van der Waals surface area contributed by atoms with Gasteiger partial charge in [-0.1, -0.05) is 6.07 Å². The normalized spacial score (nSPS) is 12.7. The van der Waals surface area contributed by atoms with E-state index in [1.807, 2.05) is 20.2 Å². The van der Waals surface area contributed by atoms with Crippen LogP contribution in [0.1, 0.15) is 5.56 Å². The number of benzene rings is 1. The molecule has 0 saturated heterocycles. The first-order valence-corrected chi connectivity index (χ1v) is 6.74. The zero-order valence-electron chi connectivity index (χ0n) is 12.3. The van der Waals surface area contributed by atoms with E-state index >= 15 is 0 Å². The highest BCUT2D eigenvalue weighted by atomic mass is 16.5. The van der Waals surface area contributed by atoms with Crippen LogP contribution in [-0.4, -0.2) is 31.2 Å². The molecule has 2 heterocycles. The maximum atomic E-state index is 9.61. The average Bonchev–Trinajstić information content (AvgIpc) is 2.88. The standard InChI is InChI=1S/C15H14BN3O3/c1-17-13-6-7-14(18-15(13)19(2)3)22-11-4-5-12-10(8-11)9-21-16(12)20/h4-8,20H,9H2,2-3H3. The number of pyridine rings is 1. The topological polar surface area (TPSA) is 59.2 Å². The van der Waals surface area contributed by atoms with E-state index in [9.17, 15) is 5.02 Å². The molecule has 1 aromatic carbocycles. The summed E-state index contributed by atoms with van der Waals surface area (Å²) in [6, 6.07) is 8.72. The van der Waals surface area contributed by atoms with E-state index in [2.05, 4.69) is 9.83 Å². The minimum Gasteiger partial charge on any atom is -0.439 e. The third kappa shape index (κ3) is 2.62. The van der Waals surface area contributed by atoms with Crippen molar-refractivity contribution in [2.75, 3.05) is 19.0 Å². The Balaban J connectivity index is 1.88. The van der Waals surface area contributed by atoms with Crippen LogP contribution < -0.4 is 15.1 Å². The molecular weight excluding hydrogens is 281 g/mol. The maximum absolute atomic E-state index is 9.61. The Morgan fingerprint density at radius 3 is 2.91 bits per heavy atom. The van der Waals surface area contributed by atoms with Gasteiger partial charge in [0.2, 0.25) is 11.6 Å². The predicted molar refractivity (Wildman–Crippen MR) is 83.7 cm³/mol. The summed E-state index contributed by atoms with van der Waals surface area (Å²) in [5, 5.41) is 9.61. The van der Waals surface area contributed by atoms with Gasteiger partial charge in [-0.05, 0) is 35.3 Å². The fourth-order valence-electron chi connectivity index (χ4n) is 2.29. The first kappa shape index (κ1) is 14.4. The summed E-state index contributed by atoms with van der Waals surface area (Å²) in [5.74, 6) is 1.59. The molecule has 0 spiro atoms. The molecule has 22 heavy (non-hydrogen) atoms. The van der Waals surface area contributed by atoms with Crippen LogP contribution >= 0.6 is 0 Å². The molecule has 7 heteroatoms. The first-order chi connectivity index (χ1) is 10.6. The summed E-state index contributed by atoms with van der Waals surface area (Å²) >= 11 is 0. The molecule has 1 aromatic heterocycles. The molecule has 0 unspecified atom stereocenters. The van der Waals surface area contributed by atoms with Gasteiger partial charge in [0.1, 0.15) is 11.6 Å². The van der Waals surface area contributed by atoms with Crippen molar-refractivity contribution in [2.45, 2.75) is 6.61 Å². The number of ether oxygens (including phenoxy) is 1. The Morgan fingerprint density at radius 2 is 2.18 bits per heavy atom. The Hall–Kier alpha value is -2.56. The van der Waals surface area contributed by atoms with E-state index < -0.39 is 7.12 Å². The molecule has 3 rings (SSSR count). The minimum atomic E-state index is -0.861. The number of rotatable bonds is 3. The molecule has 2 aromatic rings. The monoisotopic (exact) mass is 295 g/mol. The maximum Gasteiger partial charge on any atom is 0.491 e. The van der Waals surface area contributed by atoms with Crippen LogP contribution in [0.5, 0.6) is 11.6 Å². The van der Waals surface area contributed by atoms with Crippen molar-refractivity contribution in [3.8, 4) is 11.6 Å². The lowest BCUT2D eigenvalue weighted by molar-refractivity contribution is 0.275. The Morgan fingerprint density at radius 1 is 1.36 bits per heavy atom. The second kappa shape index (κ2) is 5.68. The predicted octanol–water partition coefficient (Wildman–Crippen LogP) is 1.71. The molecule has 110 valence electrons. The van der Waals surface area contributed by atoms with Crippen LogP contribution in [0.15, 0.2) is 30.3 Å². The molecule has 6 nitrogen and oxygen atoms in total. The number of aromatic nitrogens is 1. The van der Waals surface area contributed by atoms with Crippen molar-refractivity contribution in [1.29, 1.82) is 0 Å². The third-order valence-electron chi connectivity index (χ3n) is 3.37. The van der Waals surface area contributed by atoms with E-state index in [0.29, 0.717) is 29.7 Å². The average molecular weight is 295 g/mol. The lowest BCUT2D eigenvalue weighted by Gasteiger charge is -2.14. The van der Waals surface area contributed by atoms with Crippen LogP contribution in [0.25, 0.3) is 4.85 Å².